The van der Waals surface area contributed by atoms with Gasteiger partial charge in [0, 0.05) is 16.9 Å². The fourth-order valence-electron chi connectivity index (χ4n) is 1.51. The van der Waals surface area contributed by atoms with Crippen LogP contribution in [0.4, 0.5) is 4.39 Å². The first-order chi connectivity index (χ1) is 8.49. The summed E-state index contributed by atoms with van der Waals surface area (Å²) in [7, 11) is 1.48. The number of methoxy groups -OCH3 is 1. The number of nitrogens with one attached hydrogen (secondary N) is 1. The molecule has 1 N–H and O–H groups in total. The molecule has 0 radical (unpaired) electrons. The summed E-state index contributed by atoms with van der Waals surface area (Å²) in [5, 5.41) is -0.00781. The standard InChI is InChI=1S/C12H19FN2O2S/c1-5-11(15-18(16)8(2)3)10-6-9(13)7-14-12(10)17-4/h6-8,11,15H,5H2,1-4H3. The summed E-state index contributed by atoms with van der Waals surface area (Å²) in [5.41, 5.74) is 0.592. The number of nitrogens with zero attached hydrogens (tertiary/aromatic N) is 1. The number of rotatable bonds is 6. The molecular formula is C12H19FN2O2S. The number of halogens is 1. The third-order valence-electron chi connectivity index (χ3n) is 2.51. The summed E-state index contributed by atoms with van der Waals surface area (Å²) in [6, 6.07) is 1.12. The first-order valence-corrected chi connectivity index (χ1v) is 7.07. The average Bonchev–Trinajstić information content (AvgIpc) is 2.35. The van der Waals surface area contributed by atoms with Crippen molar-refractivity contribution in [3.63, 3.8) is 0 Å². The minimum absolute atomic E-state index is 0.00781. The van der Waals surface area contributed by atoms with E-state index in [9.17, 15) is 8.94 Å². The Morgan fingerprint density at radius 3 is 2.72 bits per heavy atom. The molecule has 0 aromatic carbocycles. The third kappa shape index (κ3) is 3.83. The van der Waals surface area contributed by atoms with Crippen LogP contribution in [-0.4, -0.2) is 21.9 Å². The lowest BCUT2D eigenvalue weighted by Crippen LogP contribution is -2.34. The second kappa shape index (κ2) is 6.92. The predicted molar refractivity (Wildman–Crippen MR) is 70.2 cm³/mol. The molecule has 0 aliphatic rings. The minimum Gasteiger partial charge on any atom is -0.598 e. The highest BCUT2D eigenvalue weighted by atomic mass is 32.2. The van der Waals surface area contributed by atoms with E-state index in [1.54, 1.807) is 0 Å². The fourth-order valence-corrected chi connectivity index (χ4v) is 2.35. The van der Waals surface area contributed by atoms with Crippen LogP contribution in [0.2, 0.25) is 0 Å². The molecule has 4 nitrogen and oxygen atoms in total. The van der Waals surface area contributed by atoms with Crippen LogP contribution in [0.25, 0.3) is 0 Å². The van der Waals surface area contributed by atoms with Crippen molar-refractivity contribution >= 4 is 11.4 Å². The van der Waals surface area contributed by atoms with Crippen molar-refractivity contribution in [2.75, 3.05) is 7.11 Å². The van der Waals surface area contributed by atoms with Gasteiger partial charge >= 0.3 is 0 Å². The molecule has 18 heavy (non-hydrogen) atoms. The van der Waals surface area contributed by atoms with Gasteiger partial charge in [-0.05, 0) is 26.3 Å². The van der Waals surface area contributed by atoms with Crippen molar-refractivity contribution in [3.05, 3.63) is 23.6 Å². The molecule has 1 aromatic rings. The molecule has 2 unspecified atom stereocenters. The summed E-state index contributed by atoms with van der Waals surface area (Å²) in [4.78, 5) is 3.88. The van der Waals surface area contributed by atoms with E-state index in [2.05, 4.69) is 9.71 Å². The molecule has 0 spiro atoms. The van der Waals surface area contributed by atoms with Gasteiger partial charge < -0.3 is 9.29 Å². The molecule has 0 saturated carbocycles. The normalized spacial score (nSPS) is 14.6. The first-order valence-electron chi connectivity index (χ1n) is 5.85. The maximum Gasteiger partial charge on any atom is 0.218 e. The minimum atomic E-state index is -1.17. The van der Waals surface area contributed by atoms with Crippen molar-refractivity contribution in [1.82, 2.24) is 9.71 Å². The Kier molecular flexibility index (Phi) is 5.84. The zero-order valence-corrected chi connectivity index (χ0v) is 11.9. The maximum absolute atomic E-state index is 13.3. The smallest absolute Gasteiger partial charge is 0.218 e. The summed E-state index contributed by atoms with van der Waals surface area (Å²) in [6.07, 6.45) is 1.77. The molecule has 0 bridgehead atoms. The van der Waals surface area contributed by atoms with Crippen LogP contribution in [0.15, 0.2) is 12.3 Å². The van der Waals surface area contributed by atoms with Crippen LogP contribution in [-0.2, 0) is 11.4 Å². The number of ether oxygens (including phenoxy) is 1. The summed E-state index contributed by atoms with van der Waals surface area (Å²) >= 11 is -1.17. The van der Waals surface area contributed by atoms with Gasteiger partial charge in [-0.1, -0.05) is 6.92 Å². The first kappa shape index (κ1) is 15.2. The molecule has 0 aliphatic heterocycles. The van der Waals surface area contributed by atoms with Crippen molar-refractivity contribution in [3.8, 4) is 5.88 Å². The molecule has 0 fully saturated rings. The Bertz CT molecular complexity index is 390. The van der Waals surface area contributed by atoms with Crippen LogP contribution in [0.5, 0.6) is 5.88 Å². The van der Waals surface area contributed by atoms with Crippen molar-refractivity contribution in [1.29, 1.82) is 0 Å². The second-order valence-electron chi connectivity index (χ2n) is 4.18. The van der Waals surface area contributed by atoms with E-state index < -0.39 is 17.2 Å². The monoisotopic (exact) mass is 274 g/mol. The van der Waals surface area contributed by atoms with E-state index in [0.29, 0.717) is 17.9 Å². The quantitative estimate of drug-likeness (QED) is 0.809. The third-order valence-corrected chi connectivity index (χ3v) is 3.88. The highest BCUT2D eigenvalue weighted by Gasteiger charge is 2.23. The highest BCUT2D eigenvalue weighted by Crippen LogP contribution is 2.26. The van der Waals surface area contributed by atoms with Crippen LogP contribution in [0.3, 0.4) is 0 Å². The second-order valence-corrected chi connectivity index (χ2v) is 5.95. The zero-order valence-electron chi connectivity index (χ0n) is 11.1. The summed E-state index contributed by atoms with van der Waals surface area (Å²) in [6.45, 7) is 5.65. The predicted octanol–water partition coefficient (Wildman–Crippen LogP) is 2.34. The lowest BCUT2D eigenvalue weighted by atomic mass is 10.1. The lowest BCUT2D eigenvalue weighted by Gasteiger charge is -2.22. The maximum atomic E-state index is 13.3. The van der Waals surface area contributed by atoms with Gasteiger partial charge in [0.05, 0.1) is 19.3 Å². The Morgan fingerprint density at radius 1 is 1.56 bits per heavy atom. The van der Waals surface area contributed by atoms with Gasteiger partial charge in [-0.3, -0.25) is 0 Å². The zero-order chi connectivity index (χ0) is 13.7. The Morgan fingerprint density at radius 2 is 2.22 bits per heavy atom. The van der Waals surface area contributed by atoms with Crippen molar-refractivity contribution in [2.45, 2.75) is 38.5 Å². The molecule has 1 aromatic heterocycles. The Hall–Kier alpha value is -0.850. The van der Waals surface area contributed by atoms with Crippen LogP contribution in [0, 0.1) is 5.82 Å². The van der Waals surface area contributed by atoms with Crippen LogP contribution >= 0.6 is 0 Å². The SMILES string of the molecule is CCC(N[S+]([O-])C(C)C)c1cc(F)cnc1OC. The van der Waals surface area contributed by atoms with Crippen molar-refractivity contribution in [2.24, 2.45) is 0 Å². The van der Waals surface area contributed by atoms with Gasteiger partial charge in [-0.15, -0.1) is 4.72 Å². The van der Waals surface area contributed by atoms with E-state index in [1.165, 1.54) is 13.2 Å². The van der Waals surface area contributed by atoms with E-state index in [-0.39, 0.29) is 11.3 Å². The summed E-state index contributed by atoms with van der Waals surface area (Å²) in [5.74, 6) is -0.0714. The van der Waals surface area contributed by atoms with Gasteiger partial charge in [0.15, 0.2) is 0 Å². The molecule has 0 aliphatic carbocycles. The molecule has 6 heteroatoms. The molecule has 0 saturated heterocycles. The van der Waals surface area contributed by atoms with E-state index in [4.69, 9.17) is 4.74 Å². The van der Waals surface area contributed by atoms with Gasteiger partial charge in [-0.25, -0.2) is 9.37 Å². The molecule has 1 rings (SSSR count). The van der Waals surface area contributed by atoms with E-state index >= 15 is 0 Å². The van der Waals surface area contributed by atoms with Gasteiger partial charge in [0.2, 0.25) is 5.88 Å². The number of aromatic nitrogens is 1. The molecule has 2 atom stereocenters. The molecular weight excluding hydrogens is 255 g/mol. The number of hydrogen-bond donors (Lipinski definition) is 1. The lowest BCUT2D eigenvalue weighted by molar-refractivity contribution is 0.383. The fraction of sp³-hybridized carbons (Fsp3) is 0.583. The van der Waals surface area contributed by atoms with Gasteiger partial charge in [0.1, 0.15) is 11.1 Å². The van der Waals surface area contributed by atoms with Crippen molar-refractivity contribution < 1.29 is 13.7 Å². The molecule has 102 valence electrons. The molecule has 0 amide bonds. The largest absolute Gasteiger partial charge is 0.598 e. The number of pyridine rings is 1. The Balaban J connectivity index is 2.97. The van der Waals surface area contributed by atoms with E-state index in [1.807, 2.05) is 20.8 Å². The van der Waals surface area contributed by atoms with Gasteiger partial charge in [-0.2, -0.15) is 0 Å². The average molecular weight is 274 g/mol. The number of hydrogen-bond acceptors (Lipinski definition) is 4. The van der Waals surface area contributed by atoms with Crippen LogP contribution in [0.1, 0.15) is 38.8 Å². The Labute approximate surface area is 110 Å². The summed E-state index contributed by atoms with van der Waals surface area (Å²) < 4.78 is 33.1. The van der Waals surface area contributed by atoms with Crippen LogP contribution < -0.4 is 9.46 Å². The van der Waals surface area contributed by atoms with E-state index in [0.717, 1.165) is 6.20 Å². The highest BCUT2D eigenvalue weighted by molar-refractivity contribution is 7.90. The van der Waals surface area contributed by atoms with Gasteiger partial charge in [0.25, 0.3) is 0 Å². The molecule has 1 heterocycles. The topological polar surface area (TPSA) is 57.2 Å².